The van der Waals surface area contributed by atoms with E-state index in [9.17, 15) is 0 Å². The lowest BCUT2D eigenvalue weighted by atomic mass is 9.91. The first-order valence-corrected chi connectivity index (χ1v) is 16.4. The Morgan fingerprint density at radius 1 is 0.306 bits per heavy atom. The quantitative estimate of drug-likeness (QED) is 0.183. The van der Waals surface area contributed by atoms with Crippen LogP contribution >= 0.6 is 0 Å². The van der Waals surface area contributed by atoms with Gasteiger partial charge in [-0.2, -0.15) is 0 Å². The first kappa shape index (κ1) is 27.5. The molecule has 10 aromatic rings. The van der Waals surface area contributed by atoms with Gasteiger partial charge in [-0.15, -0.1) is 0 Å². The zero-order chi connectivity index (χ0) is 32.3. The summed E-state index contributed by atoms with van der Waals surface area (Å²) in [6.07, 6.45) is 0. The van der Waals surface area contributed by atoms with Crippen LogP contribution in [0.25, 0.3) is 99.5 Å². The van der Waals surface area contributed by atoms with Crippen molar-refractivity contribution in [2.45, 2.75) is 0 Å². The monoisotopic (exact) mass is 625 g/mol. The average Bonchev–Trinajstić information content (AvgIpc) is 3.57. The molecule has 0 aliphatic heterocycles. The summed E-state index contributed by atoms with van der Waals surface area (Å²) >= 11 is 0. The van der Waals surface area contributed by atoms with Crippen LogP contribution in [0.2, 0.25) is 0 Å². The Morgan fingerprint density at radius 2 is 0.776 bits per heavy atom. The van der Waals surface area contributed by atoms with Gasteiger partial charge in [0.15, 0.2) is 17.5 Å². The fraction of sp³-hybridized carbons (Fsp3) is 0. The highest BCUT2D eigenvalue weighted by atomic mass is 16.3. The van der Waals surface area contributed by atoms with E-state index in [0.29, 0.717) is 17.5 Å². The summed E-state index contributed by atoms with van der Waals surface area (Å²) in [4.78, 5) is 14.9. The second kappa shape index (κ2) is 11.0. The molecule has 0 unspecified atom stereocenters. The molecule has 0 amide bonds. The SMILES string of the molecule is c1ccc(-c2nc(-c3ccccc3)nc(-c3ccc4c5ccccc5c5cc(-c6cccc7c6oc6ccccc67)ccc5c4c3)n2)cc1. The zero-order valence-corrected chi connectivity index (χ0v) is 26.3. The molecule has 0 N–H and O–H groups in total. The summed E-state index contributed by atoms with van der Waals surface area (Å²) in [6, 6.07) is 56.9. The van der Waals surface area contributed by atoms with Crippen LogP contribution < -0.4 is 0 Å². The van der Waals surface area contributed by atoms with Crippen LogP contribution in [-0.2, 0) is 0 Å². The van der Waals surface area contributed by atoms with Gasteiger partial charge in [0, 0.05) is 33.0 Å². The highest BCUT2D eigenvalue weighted by molar-refractivity contribution is 6.26. The third kappa shape index (κ3) is 4.49. The maximum atomic E-state index is 6.44. The second-order valence-electron chi connectivity index (χ2n) is 12.4. The second-order valence-corrected chi connectivity index (χ2v) is 12.4. The highest BCUT2D eigenvalue weighted by Crippen LogP contribution is 2.41. The lowest BCUT2D eigenvalue weighted by Crippen LogP contribution is -2.00. The van der Waals surface area contributed by atoms with E-state index < -0.39 is 0 Å². The standard InChI is InChI=1S/C45H27N3O/c1-3-12-28(13-4-1)43-46-44(29-14-5-2-6-15-29)48-45(47-43)31-23-25-35-33-16-7-8-17-34(33)39-26-30(22-24-36(39)40(35)27-31)32-19-11-20-38-37-18-9-10-21-41(37)49-42(32)38/h1-27H. The van der Waals surface area contributed by atoms with E-state index in [0.717, 1.165) is 55.1 Å². The van der Waals surface area contributed by atoms with Crippen LogP contribution in [0.5, 0.6) is 0 Å². The van der Waals surface area contributed by atoms with Crippen molar-refractivity contribution in [3.8, 4) is 45.3 Å². The van der Waals surface area contributed by atoms with Crippen molar-refractivity contribution in [1.82, 2.24) is 15.0 Å². The summed E-state index contributed by atoms with van der Waals surface area (Å²) in [7, 11) is 0. The number of hydrogen-bond donors (Lipinski definition) is 0. The number of fused-ring (bicyclic) bond motifs is 9. The Hall–Kier alpha value is -6.65. The van der Waals surface area contributed by atoms with Crippen LogP contribution in [-0.4, -0.2) is 15.0 Å². The minimum atomic E-state index is 0.643. The molecule has 0 fully saturated rings. The smallest absolute Gasteiger partial charge is 0.164 e. The molecule has 0 aliphatic rings. The Bertz CT molecular complexity index is 2820. The van der Waals surface area contributed by atoms with Crippen molar-refractivity contribution in [3.63, 3.8) is 0 Å². The number of aromatic nitrogens is 3. The summed E-state index contributed by atoms with van der Waals surface area (Å²) < 4.78 is 6.44. The fourth-order valence-electron chi connectivity index (χ4n) is 7.18. The molecule has 0 saturated heterocycles. The average molecular weight is 626 g/mol. The lowest BCUT2D eigenvalue weighted by Gasteiger charge is -2.14. The number of para-hydroxylation sites is 2. The molecule has 4 nitrogen and oxygen atoms in total. The van der Waals surface area contributed by atoms with E-state index >= 15 is 0 Å². The van der Waals surface area contributed by atoms with Crippen molar-refractivity contribution in [1.29, 1.82) is 0 Å². The highest BCUT2D eigenvalue weighted by Gasteiger charge is 2.17. The van der Waals surface area contributed by atoms with Crippen molar-refractivity contribution in [2.75, 3.05) is 0 Å². The third-order valence-corrected chi connectivity index (χ3v) is 9.51. The molecule has 49 heavy (non-hydrogen) atoms. The van der Waals surface area contributed by atoms with Crippen molar-refractivity contribution >= 4 is 54.3 Å². The van der Waals surface area contributed by atoms with Gasteiger partial charge in [-0.3, -0.25) is 0 Å². The summed E-state index contributed by atoms with van der Waals surface area (Å²) in [6.45, 7) is 0. The Balaban J connectivity index is 1.20. The lowest BCUT2D eigenvalue weighted by molar-refractivity contribution is 0.670. The zero-order valence-electron chi connectivity index (χ0n) is 26.3. The van der Waals surface area contributed by atoms with E-state index in [1.807, 2.05) is 72.8 Å². The van der Waals surface area contributed by atoms with E-state index in [1.165, 1.54) is 26.9 Å². The van der Waals surface area contributed by atoms with Gasteiger partial charge in [0.05, 0.1) is 0 Å². The number of furan rings is 1. The molecule has 10 rings (SSSR count). The summed E-state index contributed by atoms with van der Waals surface area (Å²) in [5, 5.41) is 9.41. The Labute approximate surface area is 282 Å². The van der Waals surface area contributed by atoms with Gasteiger partial charge in [0.25, 0.3) is 0 Å². The minimum absolute atomic E-state index is 0.643. The summed E-state index contributed by atoms with van der Waals surface area (Å²) in [5.74, 6) is 1.94. The van der Waals surface area contributed by atoms with Gasteiger partial charge >= 0.3 is 0 Å². The number of benzene rings is 8. The fourth-order valence-corrected chi connectivity index (χ4v) is 7.18. The molecular formula is C45H27N3O. The molecule has 0 bridgehead atoms. The largest absolute Gasteiger partial charge is 0.455 e. The molecule has 4 heteroatoms. The molecule has 0 atom stereocenters. The minimum Gasteiger partial charge on any atom is -0.455 e. The maximum absolute atomic E-state index is 6.44. The van der Waals surface area contributed by atoms with Crippen LogP contribution in [0, 0.1) is 0 Å². The summed E-state index contributed by atoms with van der Waals surface area (Å²) in [5.41, 5.74) is 6.86. The van der Waals surface area contributed by atoms with Crippen LogP contribution in [0.15, 0.2) is 168 Å². The molecule has 2 heterocycles. The predicted molar refractivity (Wildman–Crippen MR) is 201 cm³/mol. The van der Waals surface area contributed by atoms with Gasteiger partial charge in [-0.1, -0.05) is 146 Å². The number of nitrogens with zero attached hydrogens (tertiary/aromatic N) is 3. The van der Waals surface area contributed by atoms with Gasteiger partial charge in [-0.25, -0.2) is 15.0 Å². The van der Waals surface area contributed by atoms with Crippen LogP contribution in [0.1, 0.15) is 0 Å². The third-order valence-electron chi connectivity index (χ3n) is 9.51. The normalized spacial score (nSPS) is 11.7. The molecule has 0 saturated carbocycles. The molecule has 228 valence electrons. The van der Waals surface area contributed by atoms with Gasteiger partial charge in [0.2, 0.25) is 0 Å². The topological polar surface area (TPSA) is 51.8 Å². The molecule has 0 aliphatic carbocycles. The Kier molecular flexibility index (Phi) is 6.15. The van der Waals surface area contributed by atoms with E-state index in [-0.39, 0.29) is 0 Å². The molecule has 8 aromatic carbocycles. The van der Waals surface area contributed by atoms with E-state index in [1.54, 1.807) is 0 Å². The first-order chi connectivity index (χ1) is 24.3. The van der Waals surface area contributed by atoms with E-state index in [2.05, 4.69) is 91.0 Å². The molecular weight excluding hydrogens is 599 g/mol. The number of hydrogen-bond acceptors (Lipinski definition) is 4. The van der Waals surface area contributed by atoms with Crippen molar-refractivity contribution in [3.05, 3.63) is 164 Å². The molecule has 0 spiro atoms. The molecule has 0 radical (unpaired) electrons. The predicted octanol–water partition coefficient (Wildman–Crippen LogP) is 11.9. The van der Waals surface area contributed by atoms with Gasteiger partial charge < -0.3 is 4.42 Å². The van der Waals surface area contributed by atoms with E-state index in [4.69, 9.17) is 19.4 Å². The van der Waals surface area contributed by atoms with Crippen molar-refractivity contribution in [2.24, 2.45) is 0 Å². The van der Waals surface area contributed by atoms with Crippen LogP contribution in [0.4, 0.5) is 0 Å². The Morgan fingerprint density at radius 3 is 1.45 bits per heavy atom. The van der Waals surface area contributed by atoms with Crippen LogP contribution in [0.3, 0.4) is 0 Å². The van der Waals surface area contributed by atoms with Gasteiger partial charge in [-0.05, 0) is 56.1 Å². The first-order valence-electron chi connectivity index (χ1n) is 16.4. The maximum Gasteiger partial charge on any atom is 0.164 e. The molecule has 2 aromatic heterocycles. The van der Waals surface area contributed by atoms with Crippen molar-refractivity contribution < 1.29 is 4.42 Å². The van der Waals surface area contributed by atoms with Gasteiger partial charge in [0.1, 0.15) is 11.2 Å². The number of rotatable bonds is 4.